The molecule has 36 heavy (non-hydrogen) atoms. The molecule has 2 aromatic heterocycles. The van der Waals surface area contributed by atoms with E-state index in [0.29, 0.717) is 43.2 Å². The van der Waals surface area contributed by atoms with Crippen molar-refractivity contribution in [3.05, 3.63) is 62.5 Å². The van der Waals surface area contributed by atoms with E-state index < -0.39 is 17.2 Å². The van der Waals surface area contributed by atoms with Crippen molar-refractivity contribution in [1.29, 1.82) is 0 Å². The third kappa shape index (κ3) is 4.56. The van der Waals surface area contributed by atoms with Crippen LogP contribution < -0.4 is 4.87 Å². The minimum atomic E-state index is -4.45. The Bertz CT molecular complexity index is 1380. The van der Waals surface area contributed by atoms with E-state index in [1.807, 2.05) is 18.2 Å². The van der Waals surface area contributed by atoms with Crippen molar-refractivity contribution in [3.63, 3.8) is 0 Å². The van der Waals surface area contributed by atoms with Gasteiger partial charge >= 0.3 is 11.0 Å². The number of nitrogens with zero attached hydrogens (tertiary/aromatic N) is 3. The van der Waals surface area contributed by atoms with Gasteiger partial charge in [-0.25, -0.2) is 0 Å². The third-order valence-corrected chi connectivity index (χ3v) is 8.67. The Hall–Kier alpha value is -2.72. The van der Waals surface area contributed by atoms with E-state index in [2.05, 4.69) is 14.9 Å². The minimum absolute atomic E-state index is 0.0672. The number of thiazole rings is 1. The second kappa shape index (κ2) is 8.69. The fourth-order valence-electron chi connectivity index (χ4n) is 5.84. The number of alkyl halides is 3. The topological polar surface area (TPSA) is 69.3 Å². The van der Waals surface area contributed by atoms with Crippen LogP contribution in [0.25, 0.3) is 10.2 Å². The van der Waals surface area contributed by atoms with Crippen LogP contribution in [0.2, 0.25) is 0 Å². The first kappa shape index (κ1) is 23.7. The number of hydrogen-bond donors (Lipinski definition) is 1. The van der Waals surface area contributed by atoms with E-state index >= 15 is 0 Å². The number of carbonyl (C=O) groups excluding carboxylic acids is 1. The number of hydrogen-bond acceptors (Lipinski definition) is 5. The second-order valence-electron chi connectivity index (χ2n) is 10.5. The molecule has 6 nitrogen and oxygen atoms in total. The molecule has 1 saturated carbocycles. The molecule has 2 aliphatic heterocycles. The Morgan fingerprint density at radius 3 is 2.83 bits per heavy atom. The molecule has 0 radical (unpaired) electrons. The number of amides is 1. The molecule has 2 fully saturated rings. The van der Waals surface area contributed by atoms with Gasteiger partial charge in [0.15, 0.2) is 0 Å². The van der Waals surface area contributed by atoms with Gasteiger partial charge in [-0.1, -0.05) is 30.2 Å². The number of likely N-dealkylation sites (tertiary alicyclic amines) is 1. The molecule has 6 rings (SSSR count). The zero-order valence-electron chi connectivity index (χ0n) is 19.7. The Balaban J connectivity index is 1.20. The molecule has 1 saturated heterocycles. The Labute approximate surface area is 210 Å². The minimum Gasteiger partial charge on any atom is -0.337 e. The smallest absolute Gasteiger partial charge is 0.337 e. The predicted molar refractivity (Wildman–Crippen MR) is 130 cm³/mol. The first-order chi connectivity index (χ1) is 17.2. The Morgan fingerprint density at radius 2 is 2.06 bits per heavy atom. The average Bonchev–Trinajstić information content (AvgIpc) is 3.43. The SMILES string of the molecule is O=C(N1CCc2ncc(C(F)(F)F)cc2C1)C1(CC2CC2)CCN(Cc2ccc3sc(=O)[nH]c3c2)C1. The van der Waals surface area contributed by atoms with E-state index in [-0.39, 0.29) is 17.3 Å². The van der Waals surface area contributed by atoms with Gasteiger partial charge in [0.2, 0.25) is 5.91 Å². The van der Waals surface area contributed by atoms with Crippen LogP contribution in [-0.2, 0) is 30.5 Å². The lowest BCUT2D eigenvalue weighted by molar-refractivity contribution is -0.143. The lowest BCUT2D eigenvalue weighted by Crippen LogP contribution is -2.47. The summed E-state index contributed by atoms with van der Waals surface area (Å²) >= 11 is 1.19. The molecule has 190 valence electrons. The standard InChI is InChI=1S/C26H27F3N4O2S/c27-26(28,29)19-10-18-14-33(7-5-20(18)30-12-19)23(34)25(11-16-1-2-16)6-8-32(15-25)13-17-3-4-22-21(9-17)31-24(35)36-22/h3-4,9-10,12,16H,1-2,5-8,11,13-15H2,(H,31,35). The second-order valence-corrected chi connectivity index (χ2v) is 11.6. The van der Waals surface area contributed by atoms with Crippen molar-refractivity contribution in [3.8, 4) is 0 Å². The lowest BCUT2D eigenvalue weighted by atomic mass is 9.79. The van der Waals surface area contributed by atoms with Gasteiger partial charge in [0.05, 0.1) is 21.2 Å². The summed E-state index contributed by atoms with van der Waals surface area (Å²) < 4.78 is 40.6. The molecule has 3 aliphatic rings. The van der Waals surface area contributed by atoms with Gasteiger partial charge in [0.25, 0.3) is 0 Å². The first-order valence-corrected chi connectivity index (χ1v) is 13.2. The van der Waals surface area contributed by atoms with Gasteiger partial charge in [-0.2, -0.15) is 13.2 Å². The highest BCUT2D eigenvalue weighted by Gasteiger charge is 2.49. The number of nitrogens with one attached hydrogen (secondary N) is 1. The highest BCUT2D eigenvalue weighted by molar-refractivity contribution is 7.16. The van der Waals surface area contributed by atoms with Crippen LogP contribution in [0.4, 0.5) is 13.2 Å². The van der Waals surface area contributed by atoms with E-state index in [9.17, 15) is 22.8 Å². The lowest BCUT2D eigenvalue weighted by Gasteiger charge is -2.37. The summed E-state index contributed by atoms with van der Waals surface area (Å²) in [5.41, 5.74) is 1.80. The maximum absolute atomic E-state index is 14.0. The Kier molecular flexibility index (Phi) is 5.71. The van der Waals surface area contributed by atoms with E-state index in [4.69, 9.17) is 0 Å². The molecule has 1 aliphatic carbocycles. The fourth-order valence-corrected chi connectivity index (χ4v) is 6.56. The largest absolute Gasteiger partial charge is 0.417 e. The summed E-state index contributed by atoms with van der Waals surface area (Å²) in [6.07, 6.45) is 0.780. The summed E-state index contributed by atoms with van der Waals surface area (Å²) in [5.74, 6) is 0.620. The van der Waals surface area contributed by atoms with Gasteiger partial charge < -0.3 is 9.88 Å². The van der Waals surface area contributed by atoms with Gasteiger partial charge in [-0.3, -0.25) is 19.5 Å². The van der Waals surface area contributed by atoms with Crippen LogP contribution in [0.3, 0.4) is 0 Å². The molecule has 1 atom stereocenters. The molecular formula is C26H27F3N4O2S. The van der Waals surface area contributed by atoms with Crippen molar-refractivity contribution in [2.75, 3.05) is 19.6 Å². The number of pyridine rings is 1. The summed E-state index contributed by atoms with van der Waals surface area (Å²) in [6.45, 7) is 2.79. The number of aromatic amines is 1. The number of benzene rings is 1. The van der Waals surface area contributed by atoms with Crippen molar-refractivity contribution in [1.82, 2.24) is 19.8 Å². The number of carbonyl (C=O) groups is 1. The molecule has 4 heterocycles. The normalized spacial score (nSPS) is 22.8. The summed E-state index contributed by atoms with van der Waals surface area (Å²) in [6, 6.07) is 7.14. The van der Waals surface area contributed by atoms with Crippen LogP contribution in [0, 0.1) is 11.3 Å². The van der Waals surface area contributed by atoms with Gasteiger partial charge in [-0.05, 0) is 54.6 Å². The summed E-state index contributed by atoms with van der Waals surface area (Å²) in [7, 11) is 0. The Morgan fingerprint density at radius 1 is 1.22 bits per heavy atom. The van der Waals surface area contributed by atoms with Crippen LogP contribution in [-0.4, -0.2) is 45.3 Å². The number of H-pyrrole nitrogens is 1. The van der Waals surface area contributed by atoms with Crippen LogP contribution in [0.5, 0.6) is 0 Å². The van der Waals surface area contributed by atoms with Crippen LogP contribution >= 0.6 is 11.3 Å². The number of aromatic nitrogens is 2. The molecule has 10 heteroatoms. The number of halogens is 3. The summed E-state index contributed by atoms with van der Waals surface area (Å²) in [4.78, 5) is 36.5. The monoisotopic (exact) mass is 516 g/mol. The molecule has 1 N–H and O–H groups in total. The average molecular weight is 517 g/mol. The van der Waals surface area contributed by atoms with Gasteiger partial charge in [-0.15, -0.1) is 0 Å². The molecular weight excluding hydrogens is 489 g/mol. The van der Waals surface area contributed by atoms with Crippen molar-refractivity contribution in [2.24, 2.45) is 11.3 Å². The number of fused-ring (bicyclic) bond motifs is 2. The molecule has 1 amide bonds. The number of rotatable bonds is 5. The highest BCUT2D eigenvalue weighted by Crippen LogP contribution is 2.47. The van der Waals surface area contributed by atoms with Crippen molar-refractivity contribution in [2.45, 2.75) is 51.4 Å². The van der Waals surface area contributed by atoms with E-state index in [1.54, 1.807) is 4.90 Å². The zero-order valence-corrected chi connectivity index (χ0v) is 20.6. The molecule has 0 bridgehead atoms. The molecule has 1 aromatic carbocycles. The third-order valence-electron chi connectivity index (χ3n) is 7.81. The maximum Gasteiger partial charge on any atom is 0.417 e. The molecule has 0 spiro atoms. The van der Waals surface area contributed by atoms with E-state index in [0.717, 1.165) is 60.3 Å². The van der Waals surface area contributed by atoms with Gasteiger partial charge in [0.1, 0.15) is 0 Å². The summed E-state index contributed by atoms with van der Waals surface area (Å²) in [5, 5.41) is 0. The van der Waals surface area contributed by atoms with Crippen LogP contribution in [0.1, 0.15) is 48.1 Å². The zero-order chi connectivity index (χ0) is 25.1. The highest BCUT2D eigenvalue weighted by atomic mass is 32.1. The van der Waals surface area contributed by atoms with Crippen LogP contribution in [0.15, 0.2) is 35.3 Å². The van der Waals surface area contributed by atoms with E-state index in [1.165, 1.54) is 11.3 Å². The maximum atomic E-state index is 14.0. The van der Waals surface area contributed by atoms with Crippen molar-refractivity contribution < 1.29 is 18.0 Å². The fraction of sp³-hybridized carbons (Fsp3) is 0.500. The van der Waals surface area contributed by atoms with Crippen molar-refractivity contribution >= 4 is 27.5 Å². The molecule has 3 aromatic rings. The molecule has 1 unspecified atom stereocenters. The predicted octanol–water partition coefficient (Wildman–Crippen LogP) is 4.58. The van der Waals surface area contributed by atoms with Gasteiger partial charge in [0, 0.05) is 44.5 Å². The quantitative estimate of drug-likeness (QED) is 0.539. The first-order valence-electron chi connectivity index (χ1n) is 12.4.